The Morgan fingerprint density at radius 2 is 2.12 bits per heavy atom. The number of nitriles is 2. The maximum Gasteiger partial charge on any atom is 0.226 e. The summed E-state index contributed by atoms with van der Waals surface area (Å²) in [5.74, 6) is 0.387. The Morgan fingerprint density at radius 3 is 2.69 bits per heavy atom. The molecule has 0 saturated heterocycles. The number of hydrogen-bond donors (Lipinski definition) is 0. The summed E-state index contributed by atoms with van der Waals surface area (Å²) in [5, 5.41) is 17.5. The summed E-state index contributed by atoms with van der Waals surface area (Å²) in [7, 11) is 1.81. The predicted octanol–water partition coefficient (Wildman–Crippen LogP) is 1.25. The summed E-state index contributed by atoms with van der Waals surface area (Å²) < 4.78 is 0. The second kappa shape index (κ2) is 5.09. The Labute approximate surface area is 95.0 Å². The average Bonchev–Trinajstić information content (AvgIpc) is 2.27. The van der Waals surface area contributed by atoms with Crippen LogP contribution in [0.15, 0.2) is 6.07 Å². The monoisotopic (exact) mass is 215 g/mol. The van der Waals surface area contributed by atoms with Crippen molar-refractivity contribution >= 4 is 5.95 Å². The Morgan fingerprint density at radius 1 is 1.44 bits per heavy atom. The maximum absolute atomic E-state index is 8.79. The van der Waals surface area contributed by atoms with E-state index in [9.17, 15) is 0 Å². The van der Waals surface area contributed by atoms with E-state index < -0.39 is 0 Å². The third-order valence-electron chi connectivity index (χ3n) is 2.07. The van der Waals surface area contributed by atoms with Crippen molar-refractivity contribution in [2.24, 2.45) is 5.92 Å². The number of hydrogen-bond acceptors (Lipinski definition) is 5. The van der Waals surface area contributed by atoms with Crippen molar-refractivity contribution in [1.82, 2.24) is 9.97 Å². The lowest BCUT2D eigenvalue weighted by molar-refractivity contribution is 0.700. The number of rotatable bonds is 3. The third kappa shape index (κ3) is 2.93. The molecular weight excluding hydrogens is 202 g/mol. The van der Waals surface area contributed by atoms with Gasteiger partial charge in [-0.15, -0.1) is 0 Å². The van der Waals surface area contributed by atoms with Crippen molar-refractivity contribution in [1.29, 1.82) is 10.5 Å². The van der Waals surface area contributed by atoms with E-state index in [1.54, 1.807) is 11.0 Å². The molecule has 1 rings (SSSR count). The van der Waals surface area contributed by atoms with E-state index in [1.165, 1.54) is 0 Å². The number of aromatic nitrogens is 2. The maximum atomic E-state index is 8.79. The van der Waals surface area contributed by atoms with Crippen molar-refractivity contribution in [2.75, 3.05) is 18.5 Å². The Hall–Kier alpha value is -2.14. The fraction of sp³-hybridized carbons (Fsp3) is 0.455. The lowest BCUT2D eigenvalue weighted by atomic mass is 10.2. The van der Waals surface area contributed by atoms with Crippen LogP contribution in [0.3, 0.4) is 0 Å². The molecule has 5 heteroatoms. The number of aryl methyl sites for hydroxylation is 1. The first kappa shape index (κ1) is 11.9. The molecule has 0 bridgehead atoms. The normalized spacial score (nSPS) is 11.3. The van der Waals surface area contributed by atoms with Crippen molar-refractivity contribution < 1.29 is 0 Å². The molecule has 1 unspecified atom stereocenters. The minimum Gasteiger partial charge on any atom is -0.343 e. The van der Waals surface area contributed by atoms with Gasteiger partial charge in [-0.25, -0.2) is 9.97 Å². The SMILES string of the molecule is Cc1cc(C#N)nc(N(C)CC(C)C#N)n1. The van der Waals surface area contributed by atoms with E-state index in [0.29, 0.717) is 18.2 Å². The molecule has 0 aliphatic carbocycles. The van der Waals surface area contributed by atoms with Crippen molar-refractivity contribution in [3.8, 4) is 12.1 Å². The zero-order chi connectivity index (χ0) is 12.1. The third-order valence-corrected chi connectivity index (χ3v) is 2.07. The minimum absolute atomic E-state index is 0.0975. The average molecular weight is 215 g/mol. The molecule has 0 fully saturated rings. The summed E-state index contributed by atoms with van der Waals surface area (Å²) >= 11 is 0. The quantitative estimate of drug-likeness (QED) is 0.758. The summed E-state index contributed by atoms with van der Waals surface area (Å²) in [6.45, 7) is 4.19. The fourth-order valence-electron chi connectivity index (χ4n) is 1.31. The van der Waals surface area contributed by atoms with Gasteiger partial charge in [0.1, 0.15) is 11.8 Å². The van der Waals surface area contributed by atoms with Gasteiger partial charge in [0.2, 0.25) is 5.95 Å². The van der Waals surface area contributed by atoms with Crippen LogP contribution in [-0.4, -0.2) is 23.6 Å². The molecule has 0 saturated carbocycles. The van der Waals surface area contributed by atoms with Crippen molar-refractivity contribution in [3.05, 3.63) is 17.5 Å². The molecule has 1 heterocycles. The smallest absolute Gasteiger partial charge is 0.226 e. The molecule has 1 atom stereocenters. The summed E-state index contributed by atoms with van der Waals surface area (Å²) in [6, 6.07) is 5.76. The highest BCUT2D eigenvalue weighted by Crippen LogP contribution is 2.09. The first-order valence-electron chi connectivity index (χ1n) is 4.93. The Kier molecular flexibility index (Phi) is 3.79. The zero-order valence-electron chi connectivity index (χ0n) is 9.60. The molecule has 82 valence electrons. The zero-order valence-corrected chi connectivity index (χ0v) is 9.60. The topological polar surface area (TPSA) is 76.6 Å². The van der Waals surface area contributed by atoms with Gasteiger partial charge in [0.05, 0.1) is 12.0 Å². The molecule has 0 spiro atoms. The molecule has 5 nitrogen and oxygen atoms in total. The molecule has 1 aromatic rings. The van der Waals surface area contributed by atoms with Crippen LogP contribution in [0.1, 0.15) is 18.3 Å². The van der Waals surface area contributed by atoms with Gasteiger partial charge in [-0.1, -0.05) is 0 Å². The van der Waals surface area contributed by atoms with Crippen LogP contribution in [0, 0.1) is 35.5 Å². The molecule has 0 radical (unpaired) electrons. The number of nitrogens with zero attached hydrogens (tertiary/aromatic N) is 5. The van der Waals surface area contributed by atoms with Gasteiger partial charge in [-0.3, -0.25) is 0 Å². The minimum atomic E-state index is -0.0975. The Bertz CT molecular complexity index is 454. The van der Waals surface area contributed by atoms with E-state index in [4.69, 9.17) is 10.5 Å². The van der Waals surface area contributed by atoms with E-state index in [-0.39, 0.29) is 5.92 Å². The summed E-state index contributed by atoms with van der Waals surface area (Å²) in [6.07, 6.45) is 0. The largest absolute Gasteiger partial charge is 0.343 e. The second-order valence-electron chi connectivity index (χ2n) is 3.72. The van der Waals surface area contributed by atoms with Crippen LogP contribution in [0.4, 0.5) is 5.95 Å². The highest BCUT2D eigenvalue weighted by atomic mass is 15.2. The van der Waals surface area contributed by atoms with Gasteiger partial charge < -0.3 is 4.90 Å². The van der Waals surface area contributed by atoms with Crippen LogP contribution >= 0.6 is 0 Å². The van der Waals surface area contributed by atoms with E-state index in [1.807, 2.05) is 27.0 Å². The second-order valence-corrected chi connectivity index (χ2v) is 3.72. The van der Waals surface area contributed by atoms with Crippen LogP contribution in [-0.2, 0) is 0 Å². The lowest BCUT2D eigenvalue weighted by Crippen LogP contribution is -2.25. The van der Waals surface area contributed by atoms with Crippen LogP contribution in [0.5, 0.6) is 0 Å². The van der Waals surface area contributed by atoms with Gasteiger partial charge in [0.15, 0.2) is 0 Å². The van der Waals surface area contributed by atoms with Crippen molar-refractivity contribution in [3.63, 3.8) is 0 Å². The summed E-state index contributed by atoms with van der Waals surface area (Å²) in [5.41, 5.74) is 1.09. The molecule has 0 aliphatic heterocycles. The van der Waals surface area contributed by atoms with E-state index in [0.717, 1.165) is 5.69 Å². The van der Waals surface area contributed by atoms with Crippen LogP contribution in [0.2, 0.25) is 0 Å². The standard InChI is InChI=1S/C11H13N5/c1-8(5-12)7-16(3)11-14-9(2)4-10(6-13)15-11/h4,8H,7H2,1-3H3. The lowest BCUT2D eigenvalue weighted by Gasteiger charge is -2.18. The van der Waals surface area contributed by atoms with Gasteiger partial charge in [0.25, 0.3) is 0 Å². The van der Waals surface area contributed by atoms with Gasteiger partial charge in [-0.05, 0) is 19.9 Å². The molecule has 0 aromatic carbocycles. The first-order chi connectivity index (χ1) is 7.56. The molecule has 16 heavy (non-hydrogen) atoms. The summed E-state index contributed by atoms with van der Waals surface area (Å²) in [4.78, 5) is 10.1. The molecule has 0 aliphatic rings. The molecule has 0 N–H and O–H groups in total. The highest BCUT2D eigenvalue weighted by Gasteiger charge is 2.10. The molecular formula is C11H13N5. The van der Waals surface area contributed by atoms with Gasteiger partial charge in [-0.2, -0.15) is 10.5 Å². The predicted molar refractivity (Wildman–Crippen MR) is 59.5 cm³/mol. The number of anilines is 1. The highest BCUT2D eigenvalue weighted by molar-refractivity contribution is 5.35. The van der Waals surface area contributed by atoms with E-state index in [2.05, 4.69) is 16.0 Å². The fourth-order valence-corrected chi connectivity index (χ4v) is 1.31. The van der Waals surface area contributed by atoms with Gasteiger partial charge >= 0.3 is 0 Å². The van der Waals surface area contributed by atoms with Crippen LogP contribution < -0.4 is 4.90 Å². The van der Waals surface area contributed by atoms with Crippen molar-refractivity contribution in [2.45, 2.75) is 13.8 Å². The van der Waals surface area contributed by atoms with E-state index >= 15 is 0 Å². The first-order valence-corrected chi connectivity index (χ1v) is 4.93. The van der Waals surface area contributed by atoms with Gasteiger partial charge in [0, 0.05) is 19.3 Å². The Balaban J connectivity index is 2.92. The molecule has 0 amide bonds. The van der Waals surface area contributed by atoms with Crippen LogP contribution in [0.25, 0.3) is 0 Å². The molecule has 1 aromatic heterocycles.